The van der Waals surface area contributed by atoms with Crippen LogP contribution in [0.2, 0.25) is 5.15 Å². The number of ether oxygens (including phenoxy) is 2. The van der Waals surface area contributed by atoms with Gasteiger partial charge in [-0.25, -0.2) is 9.97 Å². The van der Waals surface area contributed by atoms with E-state index in [0.29, 0.717) is 23.3 Å². The molecular formula is C14H16ClN3O2. The molecule has 2 aromatic rings. The highest BCUT2D eigenvalue weighted by molar-refractivity contribution is 6.31. The standard InChI is InChI=1S/C14H16ClN3O2/c1-19-11-6-4-3-5-10(11)7-8-16-14-12(20-2)13(15)17-9-18-14/h3-6,9H,7-8H2,1-2H3,(H,16,17,18). The normalized spacial score (nSPS) is 10.2. The molecule has 0 aliphatic rings. The number of hydrogen-bond acceptors (Lipinski definition) is 5. The van der Waals surface area contributed by atoms with E-state index in [1.54, 1.807) is 7.11 Å². The third-order valence-electron chi connectivity index (χ3n) is 2.84. The van der Waals surface area contributed by atoms with Gasteiger partial charge in [0.25, 0.3) is 0 Å². The fourth-order valence-electron chi connectivity index (χ4n) is 1.88. The highest BCUT2D eigenvalue weighted by Gasteiger charge is 2.10. The molecule has 1 heterocycles. The van der Waals surface area contributed by atoms with Crippen molar-refractivity contribution in [1.29, 1.82) is 0 Å². The summed E-state index contributed by atoms with van der Waals surface area (Å²) in [6, 6.07) is 7.91. The summed E-state index contributed by atoms with van der Waals surface area (Å²) >= 11 is 5.94. The molecule has 0 saturated heterocycles. The van der Waals surface area contributed by atoms with Crippen LogP contribution in [0.3, 0.4) is 0 Å². The maximum atomic E-state index is 5.94. The molecule has 0 fully saturated rings. The topological polar surface area (TPSA) is 56.3 Å². The first kappa shape index (κ1) is 14.4. The molecule has 1 N–H and O–H groups in total. The molecular weight excluding hydrogens is 278 g/mol. The summed E-state index contributed by atoms with van der Waals surface area (Å²) in [6.07, 6.45) is 2.20. The molecule has 1 aromatic carbocycles. The molecule has 0 aliphatic carbocycles. The Labute approximate surface area is 122 Å². The fraction of sp³-hybridized carbons (Fsp3) is 0.286. The van der Waals surface area contributed by atoms with Gasteiger partial charge in [0.05, 0.1) is 14.2 Å². The van der Waals surface area contributed by atoms with Crippen molar-refractivity contribution < 1.29 is 9.47 Å². The van der Waals surface area contributed by atoms with E-state index in [4.69, 9.17) is 21.1 Å². The lowest BCUT2D eigenvalue weighted by atomic mass is 10.1. The van der Waals surface area contributed by atoms with E-state index in [2.05, 4.69) is 15.3 Å². The molecule has 1 aromatic heterocycles. The second-order valence-corrected chi connectivity index (χ2v) is 4.39. The summed E-state index contributed by atoms with van der Waals surface area (Å²) in [6.45, 7) is 0.685. The molecule has 5 nitrogen and oxygen atoms in total. The molecule has 106 valence electrons. The first-order valence-corrected chi connectivity index (χ1v) is 6.54. The Balaban J connectivity index is 2.01. The first-order chi connectivity index (χ1) is 9.76. The van der Waals surface area contributed by atoms with Gasteiger partial charge in [0.15, 0.2) is 16.7 Å². The van der Waals surface area contributed by atoms with E-state index in [1.165, 1.54) is 13.4 Å². The third kappa shape index (κ3) is 3.30. The Morgan fingerprint density at radius 2 is 1.95 bits per heavy atom. The molecule has 0 aliphatic heterocycles. The molecule has 0 bridgehead atoms. The van der Waals surface area contributed by atoms with Crippen LogP contribution in [0.25, 0.3) is 0 Å². The average molecular weight is 294 g/mol. The van der Waals surface area contributed by atoms with Crippen LogP contribution < -0.4 is 14.8 Å². The van der Waals surface area contributed by atoms with E-state index >= 15 is 0 Å². The average Bonchev–Trinajstić information content (AvgIpc) is 2.48. The fourth-order valence-corrected chi connectivity index (χ4v) is 2.09. The molecule has 0 amide bonds. The smallest absolute Gasteiger partial charge is 0.198 e. The lowest BCUT2D eigenvalue weighted by Gasteiger charge is -2.11. The Kier molecular flexibility index (Phi) is 5.01. The van der Waals surface area contributed by atoms with Crippen molar-refractivity contribution in [2.45, 2.75) is 6.42 Å². The summed E-state index contributed by atoms with van der Waals surface area (Å²) in [5.74, 6) is 1.92. The number of nitrogens with zero attached hydrogens (tertiary/aromatic N) is 2. The quantitative estimate of drug-likeness (QED) is 0.830. The van der Waals surface area contributed by atoms with Gasteiger partial charge in [-0.05, 0) is 18.1 Å². The summed E-state index contributed by atoms with van der Waals surface area (Å²) in [7, 11) is 3.20. The number of nitrogens with one attached hydrogen (secondary N) is 1. The zero-order valence-corrected chi connectivity index (χ0v) is 12.1. The van der Waals surface area contributed by atoms with E-state index in [9.17, 15) is 0 Å². The number of aromatic nitrogens is 2. The molecule has 20 heavy (non-hydrogen) atoms. The second-order valence-electron chi connectivity index (χ2n) is 4.03. The van der Waals surface area contributed by atoms with Crippen molar-refractivity contribution in [1.82, 2.24) is 9.97 Å². The Hall–Kier alpha value is -2.01. The van der Waals surface area contributed by atoms with E-state index < -0.39 is 0 Å². The minimum Gasteiger partial charge on any atom is -0.496 e. The largest absolute Gasteiger partial charge is 0.496 e. The summed E-state index contributed by atoms with van der Waals surface area (Å²) in [4.78, 5) is 7.99. The van der Waals surface area contributed by atoms with Crippen LogP contribution in [0.15, 0.2) is 30.6 Å². The van der Waals surface area contributed by atoms with Gasteiger partial charge in [0.1, 0.15) is 12.1 Å². The minimum atomic E-state index is 0.294. The van der Waals surface area contributed by atoms with Gasteiger partial charge in [0.2, 0.25) is 0 Å². The van der Waals surface area contributed by atoms with Gasteiger partial charge in [0, 0.05) is 6.54 Å². The Morgan fingerprint density at radius 3 is 2.70 bits per heavy atom. The van der Waals surface area contributed by atoms with E-state index in [-0.39, 0.29) is 0 Å². The minimum absolute atomic E-state index is 0.294. The number of para-hydroxylation sites is 1. The Bertz CT molecular complexity index is 578. The molecule has 0 saturated carbocycles. The number of halogens is 1. The SMILES string of the molecule is COc1ccccc1CCNc1ncnc(Cl)c1OC. The van der Waals surface area contributed by atoms with E-state index in [0.717, 1.165) is 17.7 Å². The zero-order chi connectivity index (χ0) is 14.4. The first-order valence-electron chi connectivity index (χ1n) is 6.16. The van der Waals surface area contributed by atoms with Gasteiger partial charge in [-0.15, -0.1) is 0 Å². The number of anilines is 1. The molecule has 6 heteroatoms. The zero-order valence-electron chi connectivity index (χ0n) is 11.4. The summed E-state index contributed by atoms with van der Waals surface area (Å²) < 4.78 is 10.5. The van der Waals surface area contributed by atoms with Gasteiger partial charge in [-0.1, -0.05) is 29.8 Å². The molecule has 0 spiro atoms. The lowest BCUT2D eigenvalue weighted by molar-refractivity contribution is 0.409. The predicted molar refractivity (Wildman–Crippen MR) is 78.8 cm³/mol. The predicted octanol–water partition coefficient (Wildman–Crippen LogP) is 2.80. The van der Waals surface area contributed by atoms with Gasteiger partial charge >= 0.3 is 0 Å². The van der Waals surface area contributed by atoms with Crippen molar-refractivity contribution >= 4 is 17.4 Å². The van der Waals surface area contributed by atoms with Crippen LogP contribution in [0.5, 0.6) is 11.5 Å². The van der Waals surface area contributed by atoms with E-state index in [1.807, 2.05) is 24.3 Å². The third-order valence-corrected chi connectivity index (χ3v) is 3.11. The van der Waals surface area contributed by atoms with Gasteiger partial charge in [-0.3, -0.25) is 0 Å². The number of methoxy groups -OCH3 is 2. The lowest BCUT2D eigenvalue weighted by Crippen LogP contribution is -2.09. The number of benzene rings is 1. The van der Waals surface area contributed by atoms with Crippen molar-refractivity contribution in [3.05, 3.63) is 41.3 Å². The molecule has 0 unspecified atom stereocenters. The monoisotopic (exact) mass is 293 g/mol. The Morgan fingerprint density at radius 1 is 1.15 bits per heavy atom. The van der Waals surface area contributed by atoms with Crippen LogP contribution in [0, 0.1) is 0 Å². The van der Waals surface area contributed by atoms with Crippen molar-refractivity contribution in [3.8, 4) is 11.5 Å². The second kappa shape index (κ2) is 6.96. The molecule has 0 atom stereocenters. The van der Waals surface area contributed by atoms with Crippen LogP contribution in [0.4, 0.5) is 5.82 Å². The number of hydrogen-bond donors (Lipinski definition) is 1. The molecule has 2 rings (SSSR count). The highest BCUT2D eigenvalue weighted by Crippen LogP contribution is 2.28. The van der Waals surface area contributed by atoms with Crippen LogP contribution in [-0.4, -0.2) is 30.7 Å². The summed E-state index contributed by atoms with van der Waals surface area (Å²) in [5, 5.41) is 3.48. The summed E-state index contributed by atoms with van der Waals surface area (Å²) in [5.41, 5.74) is 1.13. The van der Waals surface area contributed by atoms with Gasteiger partial charge < -0.3 is 14.8 Å². The van der Waals surface area contributed by atoms with Crippen LogP contribution in [-0.2, 0) is 6.42 Å². The maximum Gasteiger partial charge on any atom is 0.198 e. The van der Waals surface area contributed by atoms with Gasteiger partial charge in [-0.2, -0.15) is 0 Å². The molecule has 0 radical (unpaired) electrons. The van der Waals surface area contributed by atoms with Crippen LogP contribution >= 0.6 is 11.6 Å². The highest BCUT2D eigenvalue weighted by atomic mass is 35.5. The van der Waals surface area contributed by atoms with Crippen molar-refractivity contribution in [2.75, 3.05) is 26.1 Å². The maximum absolute atomic E-state index is 5.94. The number of rotatable bonds is 6. The van der Waals surface area contributed by atoms with Crippen molar-refractivity contribution in [2.24, 2.45) is 0 Å². The van der Waals surface area contributed by atoms with Crippen LogP contribution in [0.1, 0.15) is 5.56 Å². The van der Waals surface area contributed by atoms with Crippen molar-refractivity contribution in [3.63, 3.8) is 0 Å².